The molecule has 9 nitrogen and oxygen atoms in total. The molecular weight excluding hydrogens is 472 g/mol. The van der Waals surface area contributed by atoms with Crippen LogP contribution in [0, 0.1) is 11.3 Å². The van der Waals surface area contributed by atoms with E-state index in [0.717, 1.165) is 19.3 Å². The fourth-order valence-electron chi connectivity index (χ4n) is 4.88. The van der Waals surface area contributed by atoms with E-state index in [1.165, 1.54) is 19.1 Å². The Labute approximate surface area is 215 Å². The highest BCUT2D eigenvalue weighted by Gasteiger charge is 2.43. The van der Waals surface area contributed by atoms with Gasteiger partial charge < -0.3 is 20.1 Å². The van der Waals surface area contributed by atoms with Gasteiger partial charge in [0, 0.05) is 13.1 Å². The van der Waals surface area contributed by atoms with Gasteiger partial charge in [-0.1, -0.05) is 42.5 Å². The smallest absolute Gasteiger partial charge is 0.355 e. The summed E-state index contributed by atoms with van der Waals surface area (Å²) in [5.74, 6) is -2.96. The molecule has 4 rings (SSSR count). The van der Waals surface area contributed by atoms with Crippen LogP contribution < -0.4 is 10.6 Å². The number of carbonyl (C=O) groups is 3. The average molecular weight is 501 g/mol. The molecule has 0 aliphatic carbocycles. The van der Waals surface area contributed by atoms with Gasteiger partial charge in [0.2, 0.25) is 0 Å². The van der Waals surface area contributed by atoms with Crippen molar-refractivity contribution in [2.24, 2.45) is 5.73 Å². The van der Waals surface area contributed by atoms with Crippen LogP contribution in [0.3, 0.4) is 0 Å². The summed E-state index contributed by atoms with van der Waals surface area (Å²) >= 11 is 0. The number of carbonyl (C=O) groups excluding carboxylic acids is 3. The van der Waals surface area contributed by atoms with Gasteiger partial charge in [-0.3, -0.25) is 9.69 Å². The lowest BCUT2D eigenvalue weighted by Gasteiger charge is -2.37. The summed E-state index contributed by atoms with van der Waals surface area (Å²) in [6.07, 6.45) is 2.85. The zero-order valence-electron chi connectivity index (χ0n) is 20.8. The van der Waals surface area contributed by atoms with Gasteiger partial charge in [-0.25, -0.2) is 9.59 Å². The third kappa shape index (κ3) is 4.66. The molecule has 37 heavy (non-hydrogen) atoms. The van der Waals surface area contributed by atoms with E-state index in [-0.39, 0.29) is 39.8 Å². The van der Waals surface area contributed by atoms with Crippen molar-refractivity contribution in [1.82, 2.24) is 4.90 Å². The zero-order valence-corrected chi connectivity index (χ0v) is 20.8. The normalized spacial score (nSPS) is 17.8. The number of likely N-dealkylation sites (tertiary alicyclic amines) is 1. The molecule has 1 saturated heterocycles. The molecule has 2 heterocycles. The minimum absolute atomic E-state index is 0.0412. The number of esters is 2. The van der Waals surface area contributed by atoms with E-state index in [4.69, 9.17) is 15.2 Å². The molecule has 190 valence electrons. The van der Waals surface area contributed by atoms with Gasteiger partial charge in [0.05, 0.1) is 48.6 Å². The SMILES string of the molecule is COC(=O)C1=C(C(=O)OC)N(c2ccccc2C(=O)N2CCCCC2)C(N)=C(C#N)C1c1ccccc1. The highest BCUT2D eigenvalue weighted by atomic mass is 16.5. The van der Waals surface area contributed by atoms with Gasteiger partial charge in [0.1, 0.15) is 11.5 Å². The Morgan fingerprint density at radius 2 is 1.54 bits per heavy atom. The van der Waals surface area contributed by atoms with Crippen molar-refractivity contribution in [2.45, 2.75) is 25.2 Å². The van der Waals surface area contributed by atoms with Gasteiger partial charge in [-0.2, -0.15) is 5.26 Å². The van der Waals surface area contributed by atoms with E-state index in [0.29, 0.717) is 18.7 Å². The maximum Gasteiger partial charge on any atom is 0.355 e. The molecule has 2 aliphatic rings. The fourth-order valence-corrected chi connectivity index (χ4v) is 4.88. The molecule has 2 N–H and O–H groups in total. The maximum atomic E-state index is 13.6. The van der Waals surface area contributed by atoms with E-state index >= 15 is 0 Å². The van der Waals surface area contributed by atoms with Crippen molar-refractivity contribution in [3.63, 3.8) is 0 Å². The number of allylic oxidation sites excluding steroid dienone is 1. The summed E-state index contributed by atoms with van der Waals surface area (Å²) in [5.41, 5.74) is 7.44. The Morgan fingerprint density at radius 1 is 0.919 bits per heavy atom. The van der Waals surface area contributed by atoms with Gasteiger partial charge in [0.25, 0.3) is 5.91 Å². The van der Waals surface area contributed by atoms with E-state index in [9.17, 15) is 19.6 Å². The van der Waals surface area contributed by atoms with Crippen LogP contribution in [0.5, 0.6) is 0 Å². The quantitative estimate of drug-likeness (QED) is 0.621. The number of ether oxygens (including phenoxy) is 2. The van der Waals surface area contributed by atoms with Gasteiger partial charge >= 0.3 is 11.9 Å². The Hall–Kier alpha value is -4.58. The van der Waals surface area contributed by atoms with Crippen molar-refractivity contribution in [1.29, 1.82) is 5.26 Å². The molecule has 0 radical (unpaired) electrons. The number of rotatable bonds is 5. The topological polar surface area (TPSA) is 126 Å². The molecule has 1 amide bonds. The van der Waals surface area contributed by atoms with Gasteiger partial charge in [-0.15, -0.1) is 0 Å². The Balaban J connectivity index is 2.00. The maximum absolute atomic E-state index is 13.6. The highest BCUT2D eigenvalue weighted by molar-refractivity contribution is 6.08. The number of nitrogens with zero attached hydrogens (tertiary/aromatic N) is 3. The van der Waals surface area contributed by atoms with Crippen LogP contribution in [0.2, 0.25) is 0 Å². The lowest BCUT2D eigenvalue weighted by molar-refractivity contribution is -0.139. The summed E-state index contributed by atoms with van der Waals surface area (Å²) < 4.78 is 10.2. The van der Waals surface area contributed by atoms with E-state index in [1.807, 2.05) is 0 Å². The molecule has 9 heteroatoms. The first kappa shape index (κ1) is 25.5. The first-order chi connectivity index (χ1) is 17.9. The minimum Gasteiger partial charge on any atom is -0.466 e. The molecule has 2 aliphatic heterocycles. The minimum atomic E-state index is -0.978. The number of anilines is 1. The molecule has 2 aromatic rings. The highest BCUT2D eigenvalue weighted by Crippen LogP contribution is 2.44. The van der Waals surface area contributed by atoms with Crippen molar-refractivity contribution in [3.05, 3.63) is 88.4 Å². The first-order valence-electron chi connectivity index (χ1n) is 12.0. The monoisotopic (exact) mass is 500 g/mol. The molecule has 0 aromatic heterocycles. The lowest BCUT2D eigenvalue weighted by atomic mass is 9.80. The number of benzene rings is 2. The number of nitrogens with two attached hydrogens (primary N) is 1. The van der Waals surface area contributed by atoms with Crippen molar-refractivity contribution in [3.8, 4) is 6.07 Å². The number of para-hydroxylation sites is 1. The van der Waals surface area contributed by atoms with E-state index in [2.05, 4.69) is 6.07 Å². The number of methoxy groups -OCH3 is 2. The van der Waals surface area contributed by atoms with Crippen molar-refractivity contribution >= 4 is 23.5 Å². The second-order valence-electron chi connectivity index (χ2n) is 8.71. The average Bonchev–Trinajstić information content (AvgIpc) is 2.96. The van der Waals surface area contributed by atoms with Gasteiger partial charge in [0.15, 0.2) is 0 Å². The third-order valence-corrected chi connectivity index (χ3v) is 6.63. The Morgan fingerprint density at radius 3 is 2.16 bits per heavy atom. The predicted molar refractivity (Wildman–Crippen MR) is 136 cm³/mol. The Kier molecular flexibility index (Phi) is 7.58. The molecule has 0 saturated carbocycles. The molecular formula is C28H28N4O5. The molecule has 1 atom stereocenters. The predicted octanol–water partition coefficient (Wildman–Crippen LogP) is 3.21. The number of hydrogen-bond acceptors (Lipinski definition) is 8. The Bertz CT molecular complexity index is 1320. The zero-order chi connectivity index (χ0) is 26.5. The molecule has 0 bridgehead atoms. The first-order valence-corrected chi connectivity index (χ1v) is 12.0. The lowest BCUT2D eigenvalue weighted by Crippen LogP contribution is -2.42. The summed E-state index contributed by atoms with van der Waals surface area (Å²) in [4.78, 5) is 43.1. The second kappa shape index (κ2) is 11.0. The number of piperidine rings is 1. The number of nitriles is 1. The molecule has 0 spiro atoms. The number of hydrogen-bond donors (Lipinski definition) is 1. The largest absolute Gasteiger partial charge is 0.466 e. The summed E-state index contributed by atoms with van der Waals surface area (Å²) in [6.45, 7) is 1.23. The van der Waals surface area contributed by atoms with Crippen LogP contribution in [0.4, 0.5) is 5.69 Å². The third-order valence-electron chi connectivity index (χ3n) is 6.63. The molecule has 2 aromatic carbocycles. The molecule has 1 unspecified atom stereocenters. The van der Waals surface area contributed by atoms with E-state index < -0.39 is 17.9 Å². The van der Waals surface area contributed by atoms with Crippen LogP contribution >= 0.6 is 0 Å². The summed E-state index contributed by atoms with van der Waals surface area (Å²) in [5, 5.41) is 10.2. The van der Waals surface area contributed by atoms with Crippen LogP contribution in [0.25, 0.3) is 0 Å². The van der Waals surface area contributed by atoms with Crippen molar-refractivity contribution in [2.75, 3.05) is 32.2 Å². The number of amides is 1. The summed E-state index contributed by atoms with van der Waals surface area (Å²) in [6, 6.07) is 17.6. The molecule has 1 fully saturated rings. The summed E-state index contributed by atoms with van der Waals surface area (Å²) in [7, 11) is 2.38. The standard InChI is InChI=1S/C28H28N4O5/c1-36-27(34)23-22(18-11-5-3-6-12-18)20(17-29)25(30)32(24(23)28(35)37-2)21-14-8-7-13-19(21)26(33)31-15-9-4-10-16-31/h3,5-8,11-14,22H,4,9-10,15-16,30H2,1-2H3. The van der Waals surface area contributed by atoms with Gasteiger partial charge in [-0.05, 0) is 37.0 Å². The second-order valence-corrected chi connectivity index (χ2v) is 8.71. The fraction of sp³-hybridized carbons (Fsp3) is 0.286. The van der Waals surface area contributed by atoms with Crippen LogP contribution in [-0.2, 0) is 19.1 Å². The van der Waals surface area contributed by atoms with Crippen molar-refractivity contribution < 1.29 is 23.9 Å². The van der Waals surface area contributed by atoms with Crippen LogP contribution in [0.15, 0.2) is 77.3 Å². The van der Waals surface area contributed by atoms with E-state index in [1.54, 1.807) is 59.5 Å². The van der Waals surface area contributed by atoms with Crippen LogP contribution in [-0.4, -0.2) is 50.1 Å². The van der Waals surface area contributed by atoms with Crippen LogP contribution in [0.1, 0.15) is 41.1 Å².